The number of nitrogens with zero attached hydrogens (tertiary/aromatic N) is 4. The van der Waals surface area contributed by atoms with Gasteiger partial charge in [-0.2, -0.15) is 0 Å². The van der Waals surface area contributed by atoms with E-state index in [1.807, 2.05) is 0 Å². The number of rotatable bonds is 2. The van der Waals surface area contributed by atoms with Crippen LogP contribution in [0.3, 0.4) is 0 Å². The lowest BCUT2D eigenvalue weighted by molar-refractivity contribution is 0.591. The lowest BCUT2D eigenvalue weighted by Gasteiger charge is -2.20. The van der Waals surface area contributed by atoms with Crippen molar-refractivity contribution in [1.82, 2.24) is 18.4 Å². The summed E-state index contributed by atoms with van der Waals surface area (Å²) in [5.74, 6) is 0. The van der Waals surface area contributed by atoms with E-state index < -0.39 is 0 Å². The summed E-state index contributed by atoms with van der Waals surface area (Å²) >= 11 is 0. The van der Waals surface area contributed by atoms with E-state index in [4.69, 9.17) is 4.98 Å². The van der Waals surface area contributed by atoms with Crippen LogP contribution >= 0.6 is 0 Å². The Morgan fingerprint density at radius 2 is 0.970 bits per heavy atom. The minimum absolute atomic E-state index is 0.0601. The molecule has 15 rings (SSSR count). The maximum Gasteiger partial charge on any atom is 0.146 e. The molecule has 67 heavy (non-hydrogen) atoms. The predicted molar refractivity (Wildman–Crippen MR) is 286 cm³/mol. The summed E-state index contributed by atoms with van der Waals surface area (Å²) in [6.07, 6.45) is 2.19. The number of aromatic nitrogens is 4. The van der Waals surface area contributed by atoms with Crippen LogP contribution in [-0.4, -0.2) is 18.4 Å². The Bertz CT molecular complexity index is 4620. The molecular weight excluding hydrogens is 813 g/mol. The third-order valence-corrected chi connectivity index (χ3v) is 15.4. The Balaban J connectivity index is 1.15. The van der Waals surface area contributed by atoms with Crippen molar-refractivity contribution in [3.05, 3.63) is 181 Å². The second-order valence-corrected chi connectivity index (χ2v) is 21.2. The summed E-state index contributed by atoms with van der Waals surface area (Å²) in [5.41, 5.74) is 15.7. The average molecular weight is 859 g/mol. The van der Waals surface area contributed by atoms with Crippen LogP contribution in [0.4, 0.5) is 0 Å². The monoisotopic (exact) mass is 858 g/mol. The van der Waals surface area contributed by atoms with Crippen molar-refractivity contribution in [2.24, 2.45) is 0 Å². The SMILES string of the molecule is CC(C)(C)c1cc2c3c4c5cc(C(C)(C)C)cc6c7ccc8ccccc8c7n(c4ncc3n3c4c(-c7ccc8c(c7)c7ccccc7n8-c7ccccc7)cc7ccccc7c4c(c1)c23)c65. The first kappa shape index (κ1) is 37.3. The average Bonchev–Trinajstić information content (AvgIpc) is 4.13. The van der Waals surface area contributed by atoms with Crippen LogP contribution in [0.25, 0.3) is 136 Å². The first-order valence-corrected chi connectivity index (χ1v) is 23.7. The number of benzene rings is 9. The van der Waals surface area contributed by atoms with E-state index in [0.717, 1.165) is 16.9 Å². The summed E-state index contributed by atoms with van der Waals surface area (Å²) < 4.78 is 7.51. The molecule has 0 atom stereocenters. The van der Waals surface area contributed by atoms with Gasteiger partial charge >= 0.3 is 0 Å². The van der Waals surface area contributed by atoms with Crippen LogP contribution in [0.1, 0.15) is 52.7 Å². The van der Waals surface area contributed by atoms with Gasteiger partial charge < -0.3 is 8.97 Å². The Kier molecular flexibility index (Phi) is 6.94. The van der Waals surface area contributed by atoms with E-state index in [0.29, 0.717) is 0 Å². The highest BCUT2D eigenvalue weighted by atomic mass is 15.0. The fourth-order valence-electron chi connectivity index (χ4n) is 12.2. The van der Waals surface area contributed by atoms with Crippen molar-refractivity contribution in [1.29, 1.82) is 0 Å². The van der Waals surface area contributed by atoms with Crippen LogP contribution in [0, 0.1) is 0 Å². The van der Waals surface area contributed by atoms with Crippen molar-refractivity contribution < 1.29 is 0 Å². The fraction of sp³-hybridized carbons (Fsp3) is 0.127. The highest BCUT2D eigenvalue weighted by Gasteiger charge is 2.30. The number of hydrogen-bond acceptors (Lipinski definition) is 1. The van der Waals surface area contributed by atoms with Crippen LogP contribution in [-0.2, 0) is 10.8 Å². The summed E-state index contributed by atoms with van der Waals surface area (Å²) in [6, 6.07) is 61.6. The van der Waals surface area contributed by atoms with Gasteiger partial charge in [0.15, 0.2) is 0 Å². The van der Waals surface area contributed by atoms with Crippen LogP contribution in [0.2, 0.25) is 0 Å². The van der Waals surface area contributed by atoms with E-state index in [1.165, 1.54) is 131 Å². The molecule has 0 N–H and O–H groups in total. The predicted octanol–water partition coefficient (Wildman–Crippen LogP) is 17.0. The number of pyridine rings is 1. The van der Waals surface area contributed by atoms with Gasteiger partial charge in [-0.1, -0.05) is 145 Å². The molecule has 4 nitrogen and oxygen atoms in total. The lowest BCUT2D eigenvalue weighted by atomic mass is 9.84. The molecule has 6 aromatic heterocycles. The van der Waals surface area contributed by atoms with Crippen molar-refractivity contribution in [3.63, 3.8) is 0 Å². The summed E-state index contributed by atoms with van der Waals surface area (Å²) in [5, 5.41) is 17.8. The maximum absolute atomic E-state index is 5.63. The van der Waals surface area contributed by atoms with E-state index in [2.05, 4.69) is 225 Å². The zero-order valence-electron chi connectivity index (χ0n) is 38.5. The highest BCUT2D eigenvalue weighted by molar-refractivity contribution is 6.38. The second-order valence-electron chi connectivity index (χ2n) is 21.2. The van der Waals surface area contributed by atoms with Gasteiger partial charge in [-0.25, -0.2) is 4.98 Å². The normalized spacial score (nSPS) is 13.2. The van der Waals surface area contributed by atoms with Gasteiger partial charge in [0, 0.05) is 70.5 Å². The van der Waals surface area contributed by atoms with Crippen LogP contribution < -0.4 is 0 Å². The molecule has 15 aromatic rings. The molecule has 0 bridgehead atoms. The fourth-order valence-corrected chi connectivity index (χ4v) is 12.2. The van der Waals surface area contributed by atoms with Crippen molar-refractivity contribution >= 4 is 120 Å². The van der Waals surface area contributed by atoms with Gasteiger partial charge in [0.25, 0.3) is 0 Å². The standard InChI is InChI=1S/C63H46N4/c1-62(2,3)38-30-47-44-26-24-35-16-10-13-21-42(35)57(44)67-58(47)50(33-38)56-55-49-32-39(63(4,5)6)31-48-54-41-20-12-11-17-36(41)28-45(60(54)66(59(48)49)53(55)34-64-61(56)67)37-25-27-52-46(29-37)43-22-14-15-23-51(43)65(52)40-18-8-7-9-19-40/h7-34H,1-6H3. The van der Waals surface area contributed by atoms with Gasteiger partial charge in [-0.3, -0.25) is 4.40 Å². The molecular formula is C63H46N4. The van der Waals surface area contributed by atoms with Crippen molar-refractivity contribution in [2.75, 3.05) is 0 Å². The Labute approximate surface area is 386 Å². The largest absolute Gasteiger partial charge is 0.309 e. The summed E-state index contributed by atoms with van der Waals surface area (Å²) in [6.45, 7) is 14.1. The molecule has 0 fully saturated rings. The Hall–Kier alpha value is -7.95. The van der Waals surface area contributed by atoms with Crippen LogP contribution in [0.5, 0.6) is 0 Å². The maximum atomic E-state index is 5.63. The number of hydrogen-bond donors (Lipinski definition) is 0. The highest BCUT2D eigenvalue weighted by Crippen LogP contribution is 2.51. The van der Waals surface area contributed by atoms with Gasteiger partial charge in [0.1, 0.15) is 5.65 Å². The van der Waals surface area contributed by atoms with Gasteiger partial charge in [0.05, 0.1) is 44.8 Å². The zero-order chi connectivity index (χ0) is 44.8. The third kappa shape index (κ3) is 4.74. The second kappa shape index (κ2) is 12.5. The minimum Gasteiger partial charge on any atom is -0.309 e. The zero-order valence-corrected chi connectivity index (χ0v) is 38.5. The van der Waals surface area contributed by atoms with Crippen molar-refractivity contribution in [3.8, 4) is 16.8 Å². The quantitative estimate of drug-likeness (QED) is 0.170. The van der Waals surface area contributed by atoms with Crippen LogP contribution in [0.15, 0.2) is 170 Å². The Morgan fingerprint density at radius 3 is 1.73 bits per heavy atom. The molecule has 0 saturated carbocycles. The molecule has 4 heteroatoms. The first-order chi connectivity index (χ1) is 32.5. The molecule has 318 valence electrons. The topological polar surface area (TPSA) is 26.6 Å². The molecule has 0 aliphatic carbocycles. The smallest absolute Gasteiger partial charge is 0.146 e. The van der Waals surface area contributed by atoms with E-state index in [1.54, 1.807) is 0 Å². The summed E-state index contributed by atoms with van der Waals surface area (Å²) in [7, 11) is 0. The van der Waals surface area contributed by atoms with Gasteiger partial charge in [-0.05, 0) is 104 Å². The lowest BCUT2D eigenvalue weighted by Crippen LogP contribution is -2.10. The molecule has 0 spiro atoms. The number of fused-ring (bicyclic) bond motifs is 20. The van der Waals surface area contributed by atoms with Gasteiger partial charge in [-0.15, -0.1) is 0 Å². The van der Waals surface area contributed by atoms with E-state index in [-0.39, 0.29) is 10.8 Å². The van der Waals surface area contributed by atoms with Crippen molar-refractivity contribution in [2.45, 2.75) is 52.4 Å². The van der Waals surface area contributed by atoms with Gasteiger partial charge in [0.2, 0.25) is 0 Å². The number of para-hydroxylation sites is 2. The van der Waals surface area contributed by atoms with E-state index in [9.17, 15) is 0 Å². The third-order valence-electron chi connectivity index (χ3n) is 15.4. The summed E-state index contributed by atoms with van der Waals surface area (Å²) in [4.78, 5) is 5.63. The molecule has 0 aliphatic rings. The first-order valence-electron chi connectivity index (χ1n) is 23.7. The molecule has 6 heterocycles. The molecule has 0 aliphatic heterocycles. The molecule has 0 radical (unpaired) electrons. The van der Waals surface area contributed by atoms with E-state index >= 15 is 0 Å². The molecule has 9 aromatic carbocycles. The Morgan fingerprint density at radius 1 is 0.373 bits per heavy atom. The molecule has 0 unspecified atom stereocenters. The molecule has 0 amide bonds. The molecule has 0 saturated heterocycles. The minimum atomic E-state index is -0.0940.